The SMILES string of the molecule is Cc1[c-]nn(C)c1C.[W+2]. The summed E-state index contributed by atoms with van der Waals surface area (Å²) in [6, 6.07) is 0. The topological polar surface area (TPSA) is 17.8 Å². The van der Waals surface area contributed by atoms with Crippen molar-refractivity contribution in [1.82, 2.24) is 9.78 Å². The van der Waals surface area contributed by atoms with Crippen LogP contribution in [0, 0.1) is 20.0 Å². The molecule has 0 N–H and O–H groups in total. The molecule has 0 unspecified atom stereocenters. The van der Waals surface area contributed by atoms with Crippen LogP contribution in [0.15, 0.2) is 0 Å². The van der Waals surface area contributed by atoms with E-state index in [1.54, 1.807) is 0 Å². The molecule has 0 amide bonds. The first-order chi connectivity index (χ1) is 3.72. The Morgan fingerprint density at radius 2 is 2.00 bits per heavy atom. The fraction of sp³-hybridized carbons (Fsp3) is 0.500. The molecule has 0 atom stereocenters. The van der Waals surface area contributed by atoms with Crippen molar-refractivity contribution in [2.45, 2.75) is 13.8 Å². The van der Waals surface area contributed by atoms with E-state index in [4.69, 9.17) is 0 Å². The maximum Gasteiger partial charge on any atom is 2.00 e. The summed E-state index contributed by atoms with van der Waals surface area (Å²) in [6.45, 7) is 4.03. The zero-order chi connectivity index (χ0) is 6.15. The molecule has 0 saturated heterocycles. The molecule has 0 aliphatic carbocycles. The van der Waals surface area contributed by atoms with Crippen LogP contribution in [-0.4, -0.2) is 9.78 Å². The van der Waals surface area contributed by atoms with Gasteiger partial charge in [-0.15, -0.1) is 11.9 Å². The van der Waals surface area contributed by atoms with Crippen LogP contribution >= 0.6 is 0 Å². The van der Waals surface area contributed by atoms with Gasteiger partial charge in [-0.1, -0.05) is 13.8 Å². The van der Waals surface area contributed by atoms with Gasteiger partial charge in [0.2, 0.25) is 0 Å². The number of nitrogens with zero attached hydrogens (tertiary/aromatic N) is 2. The van der Waals surface area contributed by atoms with Gasteiger partial charge in [0, 0.05) is 7.05 Å². The minimum absolute atomic E-state index is 0. The molecule has 1 rings (SSSR count). The van der Waals surface area contributed by atoms with Crippen molar-refractivity contribution in [1.29, 1.82) is 0 Å². The summed E-state index contributed by atoms with van der Waals surface area (Å²) in [5.41, 5.74) is 2.32. The summed E-state index contributed by atoms with van der Waals surface area (Å²) in [5.74, 6) is 0. The van der Waals surface area contributed by atoms with E-state index in [1.807, 2.05) is 25.6 Å². The van der Waals surface area contributed by atoms with E-state index in [0.29, 0.717) is 0 Å². The monoisotopic (exact) mass is 293 g/mol. The number of aryl methyl sites for hydroxylation is 2. The molecular weight excluding hydrogens is 284 g/mol. The number of rotatable bonds is 0. The average molecular weight is 293 g/mol. The maximum atomic E-state index is 3.91. The first-order valence-corrected chi connectivity index (χ1v) is 2.59. The molecule has 1 aromatic heterocycles. The Balaban J connectivity index is 0.000000640. The molecular formula is C6H9N2W+. The zero-order valence-electron chi connectivity index (χ0n) is 5.80. The van der Waals surface area contributed by atoms with Crippen molar-refractivity contribution in [2.75, 3.05) is 0 Å². The second-order valence-corrected chi connectivity index (χ2v) is 1.95. The average Bonchev–Trinajstić information content (AvgIpc) is 1.98. The van der Waals surface area contributed by atoms with Crippen LogP contribution in [0.25, 0.3) is 0 Å². The number of hydrogen-bond acceptors (Lipinski definition) is 1. The molecule has 0 fully saturated rings. The molecule has 0 radical (unpaired) electrons. The van der Waals surface area contributed by atoms with E-state index >= 15 is 0 Å². The van der Waals surface area contributed by atoms with Gasteiger partial charge in [-0.05, 0) is 0 Å². The molecule has 0 aliphatic heterocycles. The zero-order valence-corrected chi connectivity index (χ0v) is 8.74. The van der Waals surface area contributed by atoms with Crippen LogP contribution in [0.1, 0.15) is 11.3 Å². The second-order valence-electron chi connectivity index (χ2n) is 1.95. The Kier molecular flexibility index (Phi) is 3.13. The molecule has 0 saturated carbocycles. The van der Waals surface area contributed by atoms with Crippen LogP contribution in [0.5, 0.6) is 0 Å². The molecule has 1 heterocycles. The molecule has 48 valence electrons. The van der Waals surface area contributed by atoms with Gasteiger partial charge < -0.3 is 9.78 Å². The normalized spacial score (nSPS) is 8.78. The van der Waals surface area contributed by atoms with E-state index in [0.717, 1.165) is 5.56 Å². The van der Waals surface area contributed by atoms with Gasteiger partial charge in [0.15, 0.2) is 0 Å². The van der Waals surface area contributed by atoms with Crippen LogP contribution in [0.2, 0.25) is 0 Å². The van der Waals surface area contributed by atoms with Gasteiger partial charge in [0.1, 0.15) is 0 Å². The molecule has 3 heteroatoms. The van der Waals surface area contributed by atoms with Gasteiger partial charge in [0.25, 0.3) is 0 Å². The van der Waals surface area contributed by atoms with Crippen molar-refractivity contribution >= 4 is 0 Å². The molecule has 2 nitrogen and oxygen atoms in total. The Hall–Kier alpha value is -0.102. The summed E-state index contributed by atoms with van der Waals surface area (Å²) >= 11 is 0. The van der Waals surface area contributed by atoms with Crippen molar-refractivity contribution in [3.8, 4) is 0 Å². The Morgan fingerprint density at radius 3 is 2.11 bits per heavy atom. The van der Waals surface area contributed by atoms with E-state index in [1.165, 1.54) is 5.69 Å². The third-order valence-corrected chi connectivity index (χ3v) is 1.40. The Labute approximate surface area is 69.5 Å². The fourth-order valence-corrected chi connectivity index (χ4v) is 0.549. The van der Waals surface area contributed by atoms with Gasteiger partial charge in [-0.25, -0.2) is 0 Å². The predicted molar refractivity (Wildman–Crippen MR) is 31.5 cm³/mol. The number of hydrogen-bond donors (Lipinski definition) is 0. The molecule has 0 aliphatic rings. The van der Waals surface area contributed by atoms with Gasteiger partial charge in [0.05, 0.1) is 0 Å². The molecule has 0 aromatic carbocycles. The van der Waals surface area contributed by atoms with E-state index in [2.05, 4.69) is 11.3 Å². The first kappa shape index (κ1) is 8.90. The summed E-state index contributed by atoms with van der Waals surface area (Å²) < 4.78 is 1.81. The van der Waals surface area contributed by atoms with Crippen molar-refractivity contribution in [2.24, 2.45) is 7.05 Å². The number of aromatic nitrogens is 2. The smallest absolute Gasteiger partial charge is 0.369 e. The Bertz CT molecular complexity index is 173. The standard InChI is InChI=1S/C6H9N2.W/c1-5-4-7-8(3)6(5)2;/h1-3H3;/q-1;+2. The molecule has 9 heavy (non-hydrogen) atoms. The summed E-state index contributed by atoms with van der Waals surface area (Å²) in [4.78, 5) is 0. The maximum absolute atomic E-state index is 3.91. The van der Waals surface area contributed by atoms with Gasteiger partial charge in [-0.3, -0.25) is 0 Å². The predicted octanol–water partition coefficient (Wildman–Crippen LogP) is 0.835. The van der Waals surface area contributed by atoms with Crippen LogP contribution in [0.4, 0.5) is 0 Å². The quantitative estimate of drug-likeness (QED) is 0.648. The fourth-order valence-electron chi connectivity index (χ4n) is 0.549. The van der Waals surface area contributed by atoms with E-state index in [-0.39, 0.29) is 21.1 Å². The van der Waals surface area contributed by atoms with Crippen LogP contribution < -0.4 is 0 Å². The van der Waals surface area contributed by atoms with E-state index in [9.17, 15) is 0 Å². The summed E-state index contributed by atoms with van der Waals surface area (Å²) in [6.07, 6.45) is 2.85. The summed E-state index contributed by atoms with van der Waals surface area (Å²) in [7, 11) is 1.92. The van der Waals surface area contributed by atoms with Crippen LogP contribution in [0.3, 0.4) is 0 Å². The van der Waals surface area contributed by atoms with Gasteiger partial charge >= 0.3 is 21.1 Å². The minimum atomic E-state index is 0. The second kappa shape index (κ2) is 3.16. The third kappa shape index (κ3) is 1.65. The first-order valence-electron chi connectivity index (χ1n) is 2.59. The minimum Gasteiger partial charge on any atom is -0.369 e. The third-order valence-electron chi connectivity index (χ3n) is 1.40. The molecule has 1 aromatic rings. The van der Waals surface area contributed by atoms with E-state index < -0.39 is 0 Å². The van der Waals surface area contributed by atoms with Crippen molar-refractivity contribution < 1.29 is 21.1 Å². The summed E-state index contributed by atoms with van der Waals surface area (Å²) in [5, 5.41) is 3.91. The molecule has 0 spiro atoms. The van der Waals surface area contributed by atoms with Crippen molar-refractivity contribution in [3.05, 3.63) is 17.5 Å². The largest absolute Gasteiger partial charge is 2.00 e. The molecule has 0 bridgehead atoms. The van der Waals surface area contributed by atoms with Gasteiger partial charge in [-0.2, -0.15) is 5.56 Å². The Morgan fingerprint density at radius 1 is 1.44 bits per heavy atom. The van der Waals surface area contributed by atoms with Crippen molar-refractivity contribution in [3.63, 3.8) is 0 Å². The van der Waals surface area contributed by atoms with Crippen LogP contribution in [-0.2, 0) is 28.1 Å².